The van der Waals surface area contributed by atoms with Crippen molar-refractivity contribution >= 4 is 54.2 Å². The van der Waals surface area contributed by atoms with Crippen LogP contribution in [0.3, 0.4) is 0 Å². The third-order valence-electron chi connectivity index (χ3n) is 6.61. The van der Waals surface area contributed by atoms with Crippen LogP contribution in [-0.4, -0.2) is 9.38 Å². The molecule has 0 N–H and O–H groups in total. The summed E-state index contributed by atoms with van der Waals surface area (Å²) in [5, 5.41) is 3.65. The van der Waals surface area contributed by atoms with Crippen molar-refractivity contribution in [2.75, 3.05) is 0 Å². The average Bonchev–Trinajstić information content (AvgIpc) is 3.28. The largest absolute Gasteiger partial charge is 0.268 e. The van der Waals surface area contributed by atoms with Crippen molar-refractivity contribution in [2.24, 2.45) is 0 Å². The van der Waals surface area contributed by atoms with Gasteiger partial charge in [0.25, 0.3) is 5.56 Å². The second kappa shape index (κ2) is 7.24. The highest BCUT2D eigenvalue weighted by Gasteiger charge is 2.20. The SMILES string of the molecule is O=c1c2cccc3c(Br)ccc(c32)c2nc3cc(-c4ccccc4)cc(-c4ccccc4)c3n12. The lowest BCUT2D eigenvalue weighted by Crippen LogP contribution is -2.13. The quantitative estimate of drug-likeness (QED) is 0.243. The highest BCUT2D eigenvalue weighted by Crippen LogP contribution is 2.38. The molecule has 7 rings (SSSR count). The summed E-state index contributed by atoms with van der Waals surface area (Å²) in [6.45, 7) is 0. The molecule has 0 atom stereocenters. The molecule has 0 aliphatic rings. The average molecular weight is 501 g/mol. The molecule has 0 saturated carbocycles. The highest BCUT2D eigenvalue weighted by molar-refractivity contribution is 9.10. The topological polar surface area (TPSA) is 34.4 Å². The molecule has 0 unspecified atom stereocenters. The molecule has 3 nitrogen and oxygen atoms in total. The number of hydrogen-bond acceptors (Lipinski definition) is 2. The molecule has 160 valence electrons. The Morgan fingerprint density at radius 2 is 1.35 bits per heavy atom. The molecule has 0 aliphatic carbocycles. The smallest absolute Gasteiger partial charge is 0.264 e. The number of imidazole rings is 1. The fourth-order valence-corrected chi connectivity index (χ4v) is 5.54. The van der Waals surface area contributed by atoms with Gasteiger partial charge in [0.2, 0.25) is 0 Å². The van der Waals surface area contributed by atoms with Crippen LogP contribution in [0, 0.1) is 0 Å². The number of nitrogens with zero attached hydrogens (tertiary/aromatic N) is 2. The van der Waals surface area contributed by atoms with Crippen LogP contribution < -0.4 is 5.56 Å². The van der Waals surface area contributed by atoms with Crippen LogP contribution in [0.15, 0.2) is 112 Å². The summed E-state index contributed by atoms with van der Waals surface area (Å²) in [5.41, 5.74) is 6.56. The van der Waals surface area contributed by atoms with Gasteiger partial charge in [0.05, 0.1) is 11.0 Å². The Morgan fingerprint density at radius 3 is 2.12 bits per heavy atom. The van der Waals surface area contributed by atoms with Crippen molar-refractivity contribution in [2.45, 2.75) is 0 Å². The first kappa shape index (κ1) is 19.4. The van der Waals surface area contributed by atoms with Gasteiger partial charge in [-0.2, -0.15) is 0 Å². The summed E-state index contributed by atoms with van der Waals surface area (Å²) in [4.78, 5) is 19.0. The zero-order valence-corrected chi connectivity index (χ0v) is 19.6. The van der Waals surface area contributed by atoms with Crippen LogP contribution in [-0.2, 0) is 0 Å². The first-order chi connectivity index (χ1) is 16.7. The van der Waals surface area contributed by atoms with E-state index in [1.807, 2.05) is 60.7 Å². The van der Waals surface area contributed by atoms with Gasteiger partial charge in [0.15, 0.2) is 0 Å². The Hall–Kier alpha value is -4.02. The Kier molecular flexibility index (Phi) is 4.14. The lowest BCUT2D eigenvalue weighted by molar-refractivity contribution is 1.19. The van der Waals surface area contributed by atoms with Crippen molar-refractivity contribution in [1.29, 1.82) is 0 Å². The van der Waals surface area contributed by atoms with Gasteiger partial charge in [-0.1, -0.05) is 88.7 Å². The van der Waals surface area contributed by atoms with Gasteiger partial charge in [-0.3, -0.25) is 9.20 Å². The maximum absolute atomic E-state index is 13.9. The second-order valence-electron chi connectivity index (χ2n) is 8.52. The Labute approximate surface area is 203 Å². The molecule has 34 heavy (non-hydrogen) atoms. The van der Waals surface area contributed by atoms with E-state index in [1.54, 1.807) is 4.40 Å². The molecule has 0 radical (unpaired) electrons. The molecule has 7 aromatic rings. The Morgan fingerprint density at radius 1 is 0.647 bits per heavy atom. The molecule has 0 aliphatic heterocycles. The third kappa shape index (κ3) is 2.69. The fourth-order valence-electron chi connectivity index (χ4n) is 5.08. The van der Waals surface area contributed by atoms with E-state index in [1.165, 1.54) is 0 Å². The normalized spacial score (nSPS) is 11.8. The van der Waals surface area contributed by atoms with Gasteiger partial charge in [0, 0.05) is 26.2 Å². The van der Waals surface area contributed by atoms with Crippen LogP contribution >= 0.6 is 15.9 Å². The Bertz CT molecular complexity index is 1930. The number of hydrogen-bond donors (Lipinski definition) is 0. The summed E-state index contributed by atoms with van der Waals surface area (Å²) in [6, 6.07) is 34.8. The van der Waals surface area contributed by atoms with Crippen LogP contribution in [0.25, 0.3) is 60.5 Å². The molecule has 2 heterocycles. The van der Waals surface area contributed by atoms with Crippen LogP contribution in [0.4, 0.5) is 0 Å². The van der Waals surface area contributed by atoms with E-state index in [2.05, 4.69) is 58.4 Å². The van der Waals surface area contributed by atoms with E-state index in [9.17, 15) is 4.79 Å². The molecule has 0 spiro atoms. The molecule has 0 saturated heterocycles. The molecule has 0 fully saturated rings. The van der Waals surface area contributed by atoms with Gasteiger partial charge in [-0.25, -0.2) is 4.98 Å². The second-order valence-corrected chi connectivity index (χ2v) is 9.38. The summed E-state index contributed by atoms with van der Waals surface area (Å²) >= 11 is 3.65. The summed E-state index contributed by atoms with van der Waals surface area (Å²) < 4.78 is 2.78. The van der Waals surface area contributed by atoms with Gasteiger partial charge >= 0.3 is 0 Å². The van der Waals surface area contributed by atoms with Crippen molar-refractivity contribution < 1.29 is 0 Å². The van der Waals surface area contributed by atoms with Gasteiger partial charge < -0.3 is 0 Å². The molecular weight excluding hydrogens is 484 g/mol. The fraction of sp³-hybridized carbons (Fsp3) is 0. The van der Waals surface area contributed by atoms with Crippen LogP contribution in [0.5, 0.6) is 0 Å². The number of rotatable bonds is 2. The molecule has 4 heteroatoms. The predicted molar refractivity (Wildman–Crippen MR) is 144 cm³/mol. The standard InChI is InChI=1S/C30H17BrN2O/c31-25-15-14-22-27-21(25)12-7-13-23(27)30(34)33-28-24(19-10-5-2-6-11-19)16-20(17-26(28)32-29(22)33)18-8-3-1-4-9-18/h1-17H. The maximum atomic E-state index is 13.9. The van der Waals surface area contributed by atoms with Crippen molar-refractivity contribution in [3.63, 3.8) is 0 Å². The number of fused-ring (bicyclic) bond motifs is 4. The van der Waals surface area contributed by atoms with Crippen molar-refractivity contribution in [3.05, 3.63) is 118 Å². The number of halogens is 1. The first-order valence-electron chi connectivity index (χ1n) is 11.1. The van der Waals surface area contributed by atoms with E-state index in [0.717, 1.165) is 53.9 Å². The van der Waals surface area contributed by atoms with Crippen molar-refractivity contribution in [3.8, 4) is 22.3 Å². The number of benzene rings is 5. The van der Waals surface area contributed by atoms with E-state index < -0.39 is 0 Å². The summed E-state index contributed by atoms with van der Waals surface area (Å²) in [6.07, 6.45) is 0. The summed E-state index contributed by atoms with van der Waals surface area (Å²) in [5.74, 6) is 0. The van der Waals surface area contributed by atoms with Crippen LogP contribution in [0.1, 0.15) is 0 Å². The van der Waals surface area contributed by atoms with Gasteiger partial charge in [-0.15, -0.1) is 0 Å². The third-order valence-corrected chi connectivity index (χ3v) is 7.30. The van der Waals surface area contributed by atoms with E-state index >= 15 is 0 Å². The van der Waals surface area contributed by atoms with Crippen LogP contribution in [0.2, 0.25) is 0 Å². The molecule has 0 amide bonds. The monoisotopic (exact) mass is 500 g/mol. The van der Waals surface area contributed by atoms with Gasteiger partial charge in [-0.05, 0) is 52.4 Å². The van der Waals surface area contributed by atoms with E-state index in [4.69, 9.17) is 4.98 Å². The predicted octanol–water partition coefficient (Wildman–Crippen LogP) is 7.69. The van der Waals surface area contributed by atoms with Gasteiger partial charge in [0.1, 0.15) is 5.65 Å². The van der Waals surface area contributed by atoms with Crippen molar-refractivity contribution in [1.82, 2.24) is 9.38 Å². The minimum atomic E-state index is -0.0432. The number of pyridine rings is 1. The van der Waals surface area contributed by atoms with E-state index in [0.29, 0.717) is 11.0 Å². The minimum Gasteiger partial charge on any atom is -0.268 e. The molecule has 0 bridgehead atoms. The molecule has 2 aromatic heterocycles. The lowest BCUT2D eigenvalue weighted by atomic mass is 9.97. The summed E-state index contributed by atoms with van der Waals surface area (Å²) in [7, 11) is 0. The Balaban J connectivity index is 1.72. The zero-order chi connectivity index (χ0) is 22.8. The molecular formula is C30H17BrN2O. The first-order valence-corrected chi connectivity index (χ1v) is 11.9. The zero-order valence-electron chi connectivity index (χ0n) is 18.0. The highest BCUT2D eigenvalue weighted by atomic mass is 79.9. The lowest BCUT2D eigenvalue weighted by Gasteiger charge is -2.11. The molecule has 5 aromatic carbocycles. The maximum Gasteiger partial charge on any atom is 0.264 e. The van der Waals surface area contributed by atoms with E-state index in [-0.39, 0.29) is 5.56 Å². The minimum absolute atomic E-state index is 0.0432. The number of aromatic nitrogens is 2.